The second-order valence-electron chi connectivity index (χ2n) is 7.01. The number of aromatic nitrogens is 3. The third-order valence-electron chi connectivity index (χ3n) is 5.13. The first-order valence-corrected chi connectivity index (χ1v) is 9.30. The molecular weight excluding hydrogens is 370 g/mol. The van der Waals surface area contributed by atoms with Gasteiger partial charge in [-0.3, -0.25) is 9.59 Å². The number of hydrogen-bond donors (Lipinski definition) is 0. The molecule has 8 heteroatoms. The van der Waals surface area contributed by atoms with Gasteiger partial charge in [0.1, 0.15) is 5.92 Å². The normalized spacial score (nSPS) is 18.8. The Bertz CT molecular complexity index is 1110. The fourth-order valence-corrected chi connectivity index (χ4v) is 3.44. The van der Waals surface area contributed by atoms with Crippen LogP contribution in [0.15, 0.2) is 70.5 Å². The summed E-state index contributed by atoms with van der Waals surface area (Å²) in [5, 5.41) is 3.92. The lowest BCUT2D eigenvalue weighted by Gasteiger charge is -2.37. The zero-order valence-electron chi connectivity index (χ0n) is 15.4. The summed E-state index contributed by atoms with van der Waals surface area (Å²) in [6, 6.07) is 11.4. The number of hydrogen-bond acceptors (Lipinski definition) is 5. The highest BCUT2D eigenvalue weighted by Gasteiger charge is 2.37. The summed E-state index contributed by atoms with van der Waals surface area (Å²) < 4.78 is 7.31. The lowest BCUT2D eigenvalue weighted by Crippen LogP contribution is -2.48. The lowest BCUT2D eigenvalue weighted by molar-refractivity contribution is -0.118. The van der Waals surface area contributed by atoms with E-state index in [-0.39, 0.29) is 17.7 Å². The fraction of sp³-hybridized carbons (Fsp3) is 0.190. The average Bonchev–Trinajstić information content (AvgIpc) is 3.40. The van der Waals surface area contributed by atoms with Crippen LogP contribution in [0.2, 0.25) is 0 Å². The maximum atomic E-state index is 12.7. The van der Waals surface area contributed by atoms with E-state index in [4.69, 9.17) is 4.52 Å². The smallest absolute Gasteiger partial charge is 0.260 e. The molecule has 0 N–H and O–H groups in total. The Morgan fingerprint density at radius 1 is 1.10 bits per heavy atom. The third-order valence-corrected chi connectivity index (χ3v) is 5.13. The van der Waals surface area contributed by atoms with Crippen molar-refractivity contribution < 1.29 is 14.1 Å². The fourth-order valence-electron chi connectivity index (χ4n) is 3.44. The second kappa shape index (κ2) is 6.97. The van der Waals surface area contributed by atoms with Gasteiger partial charge in [0.15, 0.2) is 5.82 Å². The van der Waals surface area contributed by atoms with Crippen molar-refractivity contribution in [3.8, 4) is 5.69 Å². The maximum Gasteiger partial charge on any atom is 0.260 e. The Hall–Kier alpha value is -3.81. The van der Waals surface area contributed by atoms with Crippen LogP contribution in [-0.4, -0.2) is 50.7 Å². The van der Waals surface area contributed by atoms with Gasteiger partial charge >= 0.3 is 0 Å². The maximum absolute atomic E-state index is 12.7. The molecule has 0 saturated carbocycles. The van der Waals surface area contributed by atoms with Gasteiger partial charge in [0.25, 0.3) is 11.8 Å². The number of benzene rings is 1. The summed E-state index contributed by atoms with van der Waals surface area (Å²) in [6.07, 6.45) is 8.74. The van der Waals surface area contributed by atoms with Crippen molar-refractivity contribution in [2.45, 2.75) is 11.8 Å². The molecule has 3 aromatic rings. The predicted octanol–water partition coefficient (Wildman–Crippen LogP) is 2.35. The standard InChI is InChI=1S/C21H17N5O3/c27-19-17(4-3-9-22-19)18-23-20(29-24-18)15-12-26(13-15)21(28)14-5-7-16(8-6-14)25-10-1-2-11-25/h1-11,15,17H,12-13H2. The number of carbonyl (C=O) groups is 2. The predicted molar refractivity (Wildman–Crippen MR) is 104 cm³/mol. The van der Waals surface area contributed by atoms with Crippen LogP contribution in [0, 0.1) is 0 Å². The van der Waals surface area contributed by atoms with Crippen molar-refractivity contribution in [1.29, 1.82) is 0 Å². The second-order valence-corrected chi connectivity index (χ2v) is 7.01. The van der Waals surface area contributed by atoms with E-state index in [0.717, 1.165) is 5.69 Å². The van der Waals surface area contributed by atoms with Crippen molar-refractivity contribution in [3.63, 3.8) is 0 Å². The molecular formula is C21H17N5O3. The van der Waals surface area contributed by atoms with Crippen LogP contribution in [-0.2, 0) is 4.79 Å². The van der Waals surface area contributed by atoms with Gasteiger partial charge in [-0.1, -0.05) is 11.2 Å². The molecule has 0 spiro atoms. The van der Waals surface area contributed by atoms with Gasteiger partial charge in [0.05, 0.1) is 5.92 Å². The van der Waals surface area contributed by atoms with E-state index in [1.807, 2.05) is 53.4 Å². The number of likely N-dealkylation sites (tertiary alicyclic amines) is 1. The number of nitrogens with zero attached hydrogens (tertiary/aromatic N) is 5. The van der Waals surface area contributed by atoms with E-state index < -0.39 is 5.92 Å². The van der Waals surface area contributed by atoms with Crippen LogP contribution in [0.4, 0.5) is 0 Å². The molecule has 5 rings (SSSR count). The summed E-state index contributed by atoms with van der Waals surface area (Å²) in [6.45, 7) is 1.01. The quantitative estimate of drug-likeness (QED) is 0.685. The number of amides is 2. The number of rotatable bonds is 4. The molecule has 1 aromatic carbocycles. The van der Waals surface area contributed by atoms with Crippen molar-refractivity contribution >= 4 is 18.0 Å². The van der Waals surface area contributed by atoms with Crippen LogP contribution in [0.1, 0.15) is 33.9 Å². The SMILES string of the molecule is O=C1N=CC=CC1c1noc(C2CN(C(=O)c3ccc(-n4cccc4)cc3)C2)n1. The average molecular weight is 387 g/mol. The number of dihydropyridines is 1. The minimum atomic E-state index is -0.603. The number of aliphatic imine (C=N–C) groups is 1. The number of carbonyl (C=O) groups excluding carboxylic acids is 2. The van der Waals surface area contributed by atoms with Gasteiger partial charge in [-0.05, 0) is 42.5 Å². The number of allylic oxidation sites excluding steroid dienone is 1. The van der Waals surface area contributed by atoms with Crippen molar-refractivity contribution in [2.75, 3.05) is 13.1 Å². The van der Waals surface area contributed by atoms with Gasteiger partial charge in [-0.25, -0.2) is 4.99 Å². The monoisotopic (exact) mass is 387 g/mol. The Morgan fingerprint density at radius 2 is 1.86 bits per heavy atom. The largest absolute Gasteiger partial charge is 0.339 e. The van der Waals surface area contributed by atoms with Crippen molar-refractivity contribution in [2.24, 2.45) is 4.99 Å². The zero-order valence-corrected chi connectivity index (χ0v) is 15.4. The Labute approximate surface area is 166 Å². The minimum Gasteiger partial charge on any atom is -0.339 e. The molecule has 0 bridgehead atoms. The van der Waals surface area contributed by atoms with E-state index in [9.17, 15) is 9.59 Å². The summed E-state index contributed by atoms with van der Waals surface area (Å²) in [5.41, 5.74) is 1.64. The molecule has 2 aromatic heterocycles. The molecule has 1 atom stereocenters. The molecule has 1 unspecified atom stereocenters. The van der Waals surface area contributed by atoms with E-state index in [2.05, 4.69) is 15.1 Å². The summed E-state index contributed by atoms with van der Waals surface area (Å²) in [4.78, 5) is 34.3. The van der Waals surface area contributed by atoms with Crippen LogP contribution < -0.4 is 0 Å². The Kier molecular flexibility index (Phi) is 4.16. The van der Waals surface area contributed by atoms with Crippen LogP contribution in [0.3, 0.4) is 0 Å². The summed E-state index contributed by atoms with van der Waals surface area (Å²) >= 11 is 0. The summed E-state index contributed by atoms with van der Waals surface area (Å²) in [5.74, 6) is -0.209. The Morgan fingerprint density at radius 3 is 2.59 bits per heavy atom. The molecule has 8 nitrogen and oxygen atoms in total. The first kappa shape index (κ1) is 17.3. The first-order valence-electron chi connectivity index (χ1n) is 9.30. The molecule has 0 aliphatic carbocycles. The molecule has 2 aliphatic rings. The van der Waals surface area contributed by atoms with Crippen molar-refractivity contribution in [3.05, 3.63) is 78.2 Å². The minimum absolute atomic E-state index is 0.0227. The molecule has 29 heavy (non-hydrogen) atoms. The molecule has 1 fully saturated rings. The first-order chi connectivity index (χ1) is 14.2. The van der Waals surface area contributed by atoms with Crippen LogP contribution in [0.25, 0.3) is 5.69 Å². The zero-order chi connectivity index (χ0) is 19.8. The third kappa shape index (κ3) is 3.18. The highest BCUT2D eigenvalue weighted by Crippen LogP contribution is 2.29. The van der Waals surface area contributed by atoms with E-state index in [1.165, 1.54) is 6.21 Å². The molecule has 0 radical (unpaired) electrons. The Balaban J connectivity index is 1.22. The molecule has 1 saturated heterocycles. The van der Waals surface area contributed by atoms with Gasteiger partial charge in [-0.2, -0.15) is 4.98 Å². The topological polar surface area (TPSA) is 93.6 Å². The summed E-state index contributed by atoms with van der Waals surface area (Å²) in [7, 11) is 0. The van der Waals surface area contributed by atoms with Gasteiger partial charge in [0.2, 0.25) is 5.89 Å². The highest BCUT2D eigenvalue weighted by molar-refractivity contribution is 5.97. The van der Waals surface area contributed by atoms with E-state index in [0.29, 0.717) is 30.4 Å². The van der Waals surface area contributed by atoms with Crippen molar-refractivity contribution in [1.82, 2.24) is 19.6 Å². The van der Waals surface area contributed by atoms with Crippen LogP contribution >= 0.6 is 0 Å². The van der Waals surface area contributed by atoms with E-state index >= 15 is 0 Å². The van der Waals surface area contributed by atoms with Gasteiger partial charge in [-0.15, -0.1) is 0 Å². The highest BCUT2D eigenvalue weighted by atomic mass is 16.5. The van der Waals surface area contributed by atoms with Gasteiger partial charge in [0, 0.05) is 42.9 Å². The molecule has 144 valence electrons. The molecule has 2 aliphatic heterocycles. The van der Waals surface area contributed by atoms with E-state index in [1.54, 1.807) is 17.1 Å². The lowest BCUT2D eigenvalue weighted by atomic mass is 9.98. The van der Waals surface area contributed by atoms with Crippen LogP contribution in [0.5, 0.6) is 0 Å². The molecule has 2 amide bonds. The molecule has 4 heterocycles. The van der Waals surface area contributed by atoms with Gasteiger partial charge < -0.3 is 14.0 Å².